The first-order valence-electron chi connectivity index (χ1n) is 21.1. The molecule has 1 saturated heterocycles. The number of aliphatic hydroxyl groups excluding tert-OH is 2. The number of methoxy groups -OCH3 is 1. The highest BCUT2D eigenvalue weighted by atomic mass is 16.6. The van der Waals surface area contributed by atoms with Crippen LogP contribution in [-0.4, -0.2) is 58.8 Å². The van der Waals surface area contributed by atoms with E-state index in [1.807, 2.05) is 50.3 Å². The van der Waals surface area contributed by atoms with Crippen LogP contribution in [0.2, 0.25) is 0 Å². The minimum Gasteiger partial charge on any atom is -0.466 e. The molecule has 7 heteroatoms. The smallest absolute Gasteiger partial charge is 0.333 e. The Bertz CT molecular complexity index is 1680. The topological polar surface area (TPSA) is 102 Å². The quantitative estimate of drug-likeness (QED) is 0.229. The molecule has 54 heavy (non-hydrogen) atoms. The largest absolute Gasteiger partial charge is 0.466 e. The van der Waals surface area contributed by atoms with Crippen molar-refractivity contribution in [2.24, 2.45) is 56.7 Å². The van der Waals surface area contributed by atoms with Gasteiger partial charge in [0.2, 0.25) is 0 Å². The van der Waals surface area contributed by atoms with Crippen LogP contribution in [0.25, 0.3) is 6.08 Å². The van der Waals surface area contributed by atoms with Crippen LogP contribution in [0.1, 0.15) is 132 Å². The zero-order valence-corrected chi connectivity index (χ0v) is 34.7. The SMILES string of the molecule is C/C=C(/C)C(=O)OC1CC23C4C(C[C@@H]1C)(OC41CCC4C5(C)CCC(O)C(C)(C)C5CCC4(C)[C@]1(C)C[C@H]2O)[C@@H]3CC.COC(=O)/C=C\c1ccccc1. The maximum atomic E-state index is 13.0. The molecule has 298 valence electrons. The standard InChI is InChI=1S/C37H58O5.C10H10O2/c1-10-21(3)29(40)41-23-19-35-24(11-2)36(18-22(23)4)30(35)37(42-36)17-13-26-32(7)15-14-27(38)31(5,6)25(32)12-16-33(26,8)34(37,9)20-28(35)39;1-12-10(11)8-7-9-5-3-2-4-6-9/h10,22-28,30,38-39H,11-20H2,1-9H3;2-8H,1H3/b21-10-;8-7-/t22-,23?,24+,25?,26?,27?,28+,30?,32?,33?,34-,35?,36?,37?;/m0./s1. The molecule has 7 nitrogen and oxygen atoms in total. The average Bonchev–Trinajstić information content (AvgIpc) is 3.29. The van der Waals surface area contributed by atoms with E-state index in [0.717, 1.165) is 63.4 Å². The summed E-state index contributed by atoms with van der Waals surface area (Å²) in [5, 5.41) is 23.6. The van der Waals surface area contributed by atoms with Crippen molar-refractivity contribution in [2.75, 3.05) is 7.11 Å². The van der Waals surface area contributed by atoms with Crippen molar-refractivity contribution < 1.29 is 34.0 Å². The van der Waals surface area contributed by atoms with Crippen LogP contribution in [0.5, 0.6) is 0 Å². The van der Waals surface area contributed by atoms with E-state index in [1.54, 1.807) is 6.08 Å². The Labute approximate surface area is 324 Å². The van der Waals surface area contributed by atoms with E-state index in [0.29, 0.717) is 29.2 Å². The predicted octanol–water partition coefficient (Wildman–Crippen LogP) is 9.10. The maximum absolute atomic E-state index is 13.0. The second-order valence-corrected chi connectivity index (χ2v) is 20.1. The van der Waals surface area contributed by atoms with E-state index in [-0.39, 0.29) is 68.3 Å². The van der Waals surface area contributed by atoms with Gasteiger partial charge in [-0.15, -0.1) is 0 Å². The van der Waals surface area contributed by atoms with Crippen LogP contribution in [0, 0.1) is 56.7 Å². The summed E-state index contributed by atoms with van der Waals surface area (Å²) in [5.41, 5.74) is 1.07. The zero-order chi connectivity index (χ0) is 39.3. The molecule has 0 radical (unpaired) electrons. The maximum Gasteiger partial charge on any atom is 0.333 e. The van der Waals surface area contributed by atoms with E-state index >= 15 is 0 Å². The first-order chi connectivity index (χ1) is 25.4. The number of aliphatic hydroxyl groups is 2. The zero-order valence-electron chi connectivity index (χ0n) is 34.7. The summed E-state index contributed by atoms with van der Waals surface area (Å²) in [4.78, 5) is 23.7. The normalized spacial score (nSPS) is 48.1. The minimum absolute atomic E-state index is 0.0668. The molecule has 0 aromatic heterocycles. The summed E-state index contributed by atoms with van der Waals surface area (Å²) in [6.07, 6.45) is 14.1. The van der Waals surface area contributed by atoms with Gasteiger partial charge < -0.3 is 24.4 Å². The lowest BCUT2D eigenvalue weighted by Crippen LogP contribution is -2.95. The molecule has 8 fully saturated rings. The van der Waals surface area contributed by atoms with E-state index in [2.05, 4.69) is 53.2 Å². The van der Waals surface area contributed by atoms with E-state index in [9.17, 15) is 19.8 Å². The summed E-state index contributed by atoms with van der Waals surface area (Å²) in [6.45, 7) is 20.5. The molecule has 1 aliphatic heterocycles. The highest BCUT2D eigenvalue weighted by molar-refractivity contribution is 5.88. The van der Waals surface area contributed by atoms with Crippen molar-refractivity contribution >= 4 is 18.0 Å². The van der Waals surface area contributed by atoms with Gasteiger partial charge >= 0.3 is 11.9 Å². The molecule has 7 saturated carbocycles. The van der Waals surface area contributed by atoms with E-state index in [1.165, 1.54) is 19.6 Å². The molecule has 1 aromatic rings. The summed E-state index contributed by atoms with van der Waals surface area (Å²) in [7, 11) is 1.36. The fourth-order valence-corrected chi connectivity index (χ4v) is 15.4. The van der Waals surface area contributed by atoms with Gasteiger partial charge in [-0.3, -0.25) is 0 Å². The van der Waals surface area contributed by atoms with Gasteiger partial charge in [-0.2, -0.15) is 0 Å². The molecule has 9 rings (SSSR count). The van der Waals surface area contributed by atoms with Gasteiger partial charge in [-0.05, 0) is 130 Å². The van der Waals surface area contributed by atoms with Gasteiger partial charge in [-0.1, -0.05) is 84.9 Å². The molecule has 3 spiro atoms. The van der Waals surface area contributed by atoms with E-state index < -0.39 is 6.10 Å². The lowest BCUT2D eigenvalue weighted by Gasteiger charge is -2.90. The number of benzene rings is 1. The van der Waals surface area contributed by atoms with Crippen LogP contribution in [-0.2, 0) is 23.8 Å². The lowest BCUT2D eigenvalue weighted by atomic mass is 9.22. The van der Waals surface area contributed by atoms with Crippen molar-refractivity contribution in [3.8, 4) is 0 Å². The third-order valence-electron chi connectivity index (χ3n) is 18.0. The van der Waals surface area contributed by atoms with Crippen molar-refractivity contribution in [1.82, 2.24) is 0 Å². The Morgan fingerprint density at radius 1 is 0.926 bits per heavy atom. The molecule has 2 bridgehead atoms. The fraction of sp³-hybridized carbons (Fsp3) is 0.745. The summed E-state index contributed by atoms with van der Waals surface area (Å²) >= 11 is 0. The molecular weight excluding hydrogens is 677 g/mol. The first-order valence-corrected chi connectivity index (χ1v) is 21.1. The minimum atomic E-state index is -0.414. The molecule has 10 unspecified atom stereocenters. The van der Waals surface area contributed by atoms with Gasteiger partial charge in [0.1, 0.15) is 6.10 Å². The van der Waals surface area contributed by atoms with Crippen molar-refractivity contribution in [3.05, 3.63) is 53.6 Å². The Morgan fingerprint density at radius 2 is 1.61 bits per heavy atom. The Hall–Kier alpha value is -2.48. The molecule has 0 amide bonds. The fourth-order valence-electron chi connectivity index (χ4n) is 15.4. The summed E-state index contributed by atoms with van der Waals surface area (Å²) in [5.74, 6) is 1.38. The number of esters is 2. The molecule has 7 aliphatic carbocycles. The van der Waals surface area contributed by atoms with Gasteiger partial charge in [0.15, 0.2) is 0 Å². The third-order valence-corrected chi connectivity index (χ3v) is 18.0. The summed E-state index contributed by atoms with van der Waals surface area (Å²) in [6, 6.07) is 9.59. The number of allylic oxidation sites excluding steroid dienone is 1. The second kappa shape index (κ2) is 13.3. The van der Waals surface area contributed by atoms with Crippen LogP contribution < -0.4 is 0 Å². The van der Waals surface area contributed by atoms with Crippen LogP contribution in [0.3, 0.4) is 0 Å². The Morgan fingerprint density at radius 3 is 2.26 bits per heavy atom. The molecule has 8 aliphatic rings. The van der Waals surface area contributed by atoms with Gasteiger partial charge in [0.25, 0.3) is 0 Å². The Balaban J connectivity index is 0.000000321. The third kappa shape index (κ3) is 5.08. The monoisotopic (exact) mass is 744 g/mol. The second-order valence-electron chi connectivity index (χ2n) is 20.1. The number of carbonyl (C=O) groups is 2. The number of ether oxygens (including phenoxy) is 3. The predicted molar refractivity (Wildman–Crippen MR) is 211 cm³/mol. The number of hydrogen-bond donors (Lipinski definition) is 2. The average molecular weight is 745 g/mol. The van der Waals surface area contributed by atoms with Crippen LogP contribution in [0.15, 0.2) is 48.1 Å². The molecule has 14 atom stereocenters. The van der Waals surface area contributed by atoms with E-state index in [4.69, 9.17) is 9.47 Å². The molecule has 1 aromatic carbocycles. The lowest BCUT2D eigenvalue weighted by molar-refractivity contribution is -0.531. The molecule has 1 heterocycles. The molecule has 2 N–H and O–H groups in total. The highest BCUT2D eigenvalue weighted by Crippen LogP contribution is 2.89. The summed E-state index contributed by atoms with van der Waals surface area (Å²) < 4.78 is 18.3. The number of rotatable bonds is 5. The van der Waals surface area contributed by atoms with Crippen molar-refractivity contribution in [2.45, 2.75) is 156 Å². The van der Waals surface area contributed by atoms with Crippen LogP contribution in [0.4, 0.5) is 0 Å². The van der Waals surface area contributed by atoms with Crippen molar-refractivity contribution in [1.29, 1.82) is 0 Å². The number of hydrogen-bond acceptors (Lipinski definition) is 7. The highest BCUT2D eigenvalue weighted by Gasteiger charge is 2.93. The Kier molecular flexibility index (Phi) is 9.79. The molecular formula is C47H68O7. The number of carbonyl (C=O) groups excluding carboxylic acids is 2. The van der Waals surface area contributed by atoms with Gasteiger partial charge in [-0.25, -0.2) is 9.59 Å². The van der Waals surface area contributed by atoms with Gasteiger partial charge in [0, 0.05) is 28.4 Å². The van der Waals surface area contributed by atoms with Crippen molar-refractivity contribution in [3.63, 3.8) is 0 Å². The number of fused-ring (bicyclic) bond motifs is 7. The van der Waals surface area contributed by atoms with Gasteiger partial charge in [0.05, 0.1) is 30.5 Å². The first kappa shape index (κ1) is 39.7. The van der Waals surface area contributed by atoms with Crippen LogP contribution >= 0.6 is 0 Å².